The van der Waals surface area contributed by atoms with Gasteiger partial charge in [-0.25, -0.2) is 0 Å². The third kappa shape index (κ3) is 4.50. The average molecular weight is 394 g/mol. The highest BCUT2D eigenvalue weighted by Gasteiger charge is 2.28. The maximum atomic E-state index is 13.0. The molecule has 1 fully saturated rings. The Kier molecular flexibility index (Phi) is 6.07. The number of nitrogens with zero attached hydrogens (tertiary/aromatic N) is 1. The van der Waals surface area contributed by atoms with E-state index in [1.54, 1.807) is 24.3 Å². The number of benzene rings is 2. The highest BCUT2D eigenvalue weighted by Crippen LogP contribution is 2.26. The van der Waals surface area contributed by atoms with Crippen molar-refractivity contribution in [3.63, 3.8) is 0 Å². The molecule has 2 atom stereocenters. The summed E-state index contributed by atoms with van der Waals surface area (Å²) in [4.78, 5) is 14.8. The third-order valence-corrected chi connectivity index (χ3v) is 4.81. The quantitative estimate of drug-likeness (QED) is 0.746. The van der Waals surface area contributed by atoms with Crippen LogP contribution in [0.3, 0.4) is 0 Å². The fourth-order valence-electron chi connectivity index (χ4n) is 3.08. The van der Waals surface area contributed by atoms with Crippen molar-refractivity contribution in [1.29, 1.82) is 0 Å². The molecular weight excluding hydrogens is 373 g/mol. The van der Waals surface area contributed by atoms with Crippen LogP contribution in [0.1, 0.15) is 29.8 Å². The second kappa shape index (κ2) is 8.30. The van der Waals surface area contributed by atoms with Crippen LogP contribution in [-0.2, 0) is 11.3 Å². The summed E-state index contributed by atoms with van der Waals surface area (Å²) in [5.74, 6) is 0.486. The number of para-hydroxylation sites is 1. The third-order valence-electron chi connectivity index (χ3n) is 4.22. The van der Waals surface area contributed by atoms with Gasteiger partial charge in [-0.2, -0.15) is 0 Å². The number of halogens is 2. The van der Waals surface area contributed by atoms with Crippen molar-refractivity contribution in [1.82, 2.24) is 4.90 Å². The summed E-state index contributed by atoms with van der Waals surface area (Å²) in [6.07, 6.45) is 0.0345. The largest absolute Gasteiger partial charge is 0.488 e. The summed E-state index contributed by atoms with van der Waals surface area (Å²) >= 11 is 12.1. The van der Waals surface area contributed by atoms with Crippen molar-refractivity contribution in [2.75, 3.05) is 13.1 Å². The number of carbonyl (C=O) groups is 1. The zero-order valence-corrected chi connectivity index (χ0v) is 16.3. The van der Waals surface area contributed by atoms with E-state index in [9.17, 15) is 4.79 Å². The fourth-order valence-corrected chi connectivity index (χ4v) is 3.54. The van der Waals surface area contributed by atoms with Crippen LogP contribution in [-0.4, -0.2) is 36.1 Å². The lowest BCUT2D eigenvalue weighted by atomic mass is 10.1. The summed E-state index contributed by atoms with van der Waals surface area (Å²) in [6.45, 7) is 5.35. The van der Waals surface area contributed by atoms with Crippen LogP contribution in [0.15, 0.2) is 42.5 Å². The molecule has 0 radical (unpaired) electrons. The minimum atomic E-state index is -0.0511. The Morgan fingerprint density at radius 3 is 2.54 bits per heavy atom. The number of amides is 1. The van der Waals surface area contributed by atoms with E-state index in [2.05, 4.69) is 0 Å². The van der Waals surface area contributed by atoms with Gasteiger partial charge in [-0.05, 0) is 38.1 Å². The highest BCUT2D eigenvalue weighted by atomic mass is 35.5. The predicted molar refractivity (Wildman–Crippen MR) is 103 cm³/mol. The lowest BCUT2D eigenvalue weighted by Crippen LogP contribution is -2.48. The van der Waals surface area contributed by atoms with E-state index in [0.717, 1.165) is 5.56 Å². The lowest BCUT2D eigenvalue weighted by molar-refractivity contribution is -0.0586. The molecule has 1 saturated heterocycles. The zero-order valence-electron chi connectivity index (χ0n) is 14.7. The molecule has 26 heavy (non-hydrogen) atoms. The highest BCUT2D eigenvalue weighted by molar-refractivity contribution is 6.35. The molecule has 1 amide bonds. The van der Waals surface area contributed by atoms with Crippen LogP contribution in [0.2, 0.25) is 10.0 Å². The lowest BCUT2D eigenvalue weighted by Gasteiger charge is -2.35. The molecule has 0 bridgehead atoms. The molecule has 0 unspecified atom stereocenters. The maximum Gasteiger partial charge on any atom is 0.257 e. The molecule has 2 aromatic rings. The number of rotatable bonds is 4. The van der Waals surface area contributed by atoms with Crippen LogP contribution in [0, 0.1) is 0 Å². The van der Waals surface area contributed by atoms with Crippen molar-refractivity contribution in [3.05, 3.63) is 63.6 Å². The van der Waals surface area contributed by atoms with Crippen molar-refractivity contribution < 1.29 is 14.3 Å². The average Bonchev–Trinajstić information content (AvgIpc) is 2.60. The maximum absolute atomic E-state index is 13.0. The molecule has 1 aliphatic heterocycles. The van der Waals surface area contributed by atoms with Gasteiger partial charge in [0.15, 0.2) is 0 Å². The summed E-state index contributed by atoms with van der Waals surface area (Å²) in [6, 6.07) is 12.5. The van der Waals surface area contributed by atoms with Crippen LogP contribution in [0.25, 0.3) is 0 Å². The van der Waals surface area contributed by atoms with Gasteiger partial charge in [-0.15, -0.1) is 0 Å². The first-order valence-electron chi connectivity index (χ1n) is 8.54. The van der Waals surface area contributed by atoms with E-state index in [0.29, 0.717) is 34.4 Å². The van der Waals surface area contributed by atoms with E-state index in [1.807, 2.05) is 36.9 Å². The molecule has 138 valence electrons. The number of ether oxygens (including phenoxy) is 2. The fraction of sp³-hybridized carbons (Fsp3) is 0.350. The van der Waals surface area contributed by atoms with Crippen LogP contribution < -0.4 is 4.74 Å². The van der Waals surface area contributed by atoms with Crippen molar-refractivity contribution in [2.24, 2.45) is 0 Å². The molecule has 0 spiro atoms. The van der Waals surface area contributed by atoms with E-state index in [1.165, 1.54) is 0 Å². The summed E-state index contributed by atoms with van der Waals surface area (Å²) in [7, 11) is 0. The molecule has 1 heterocycles. The Morgan fingerprint density at radius 2 is 1.85 bits per heavy atom. The molecule has 4 nitrogen and oxygen atoms in total. The number of carbonyl (C=O) groups excluding carboxylic acids is 1. The summed E-state index contributed by atoms with van der Waals surface area (Å²) < 4.78 is 11.6. The SMILES string of the molecule is C[C@@H]1CN(C(=O)c2ccccc2OCc2ccc(Cl)cc2Cl)C[C@H](C)O1. The molecule has 0 saturated carbocycles. The standard InChI is InChI=1S/C20H21Cl2NO3/c1-13-10-23(11-14(2)26-13)20(24)17-5-3-4-6-19(17)25-12-15-7-8-16(21)9-18(15)22/h3-9,13-14H,10-12H2,1-2H3/t13-,14+. The van der Waals surface area contributed by atoms with E-state index in [4.69, 9.17) is 32.7 Å². The van der Waals surface area contributed by atoms with Gasteiger partial charge in [-0.3, -0.25) is 4.79 Å². The van der Waals surface area contributed by atoms with Gasteiger partial charge in [0.2, 0.25) is 0 Å². The van der Waals surface area contributed by atoms with Gasteiger partial charge in [0.25, 0.3) is 5.91 Å². The van der Waals surface area contributed by atoms with Crippen molar-refractivity contribution >= 4 is 29.1 Å². The number of hydrogen-bond donors (Lipinski definition) is 0. The van der Waals surface area contributed by atoms with Gasteiger partial charge in [0.05, 0.1) is 17.8 Å². The van der Waals surface area contributed by atoms with E-state index < -0.39 is 0 Å². The first-order chi connectivity index (χ1) is 12.4. The molecule has 1 aliphatic rings. The Morgan fingerprint density at radius 1 is 1.15 bits per heavy atom. The smallest absolute Gasteiger partial charge is 0.257 e. The van der Waals surface area contributed by atoms with E-state index in [-0.39, 0.29) is 24.7 Å². The first-order valence-corrected chi connectivity index (χ1v) is 9.30. The number of morpholine rings is 1. The molecular formula is C20H21Cl2NO3. The second-order valence-corrected chi connectivity index (χ2v) is 7.33. The van der Waals surface area contributed by atoms with Crippen molar-refractivity contribution in [3.8, 4) is 5.75 Å². The Balaban J connectivity index is 1.76. The molecule has 2 aromatic carbocycles. The van der Waals surface area contributed by atoms with Gasteiger partial charge in [-0.1, -0.05) is 41.4 Å². The molecule has 0 aromatic heterocycles. The molecule has 0 aliphatic carbocycles. The number of hydrogen-bond acceptors (Lipinski definition) is 3. The molecule has 3 rings (SSSR count). The van der Waals surface area contributed by atoms with Crippen LogP contribution in [0.5, 0.6) is 5.75 Å². The van der Waals surface area contributed by atoms with Crippen LogP contribution in [0.4, 0.5) is 0 Å². The first kappa shape index (κ1) is 19.0. The van der Waals surface area contributed by atoms with E-state index >= 15 is 0 Å². The predicted octanol–water partition coefficient (Wildman–Crippen LogP) is 4.82. The van der Waals surface area contributed by atoms with Gasteiger partial charge < -0.3 is 14.4 Å². The Labute approximate surface area is 163 Å². The van der Waals surface area contributed by atoms with Crippen LogP contribution >= 0.6 is 23.2 Å². The minimum absolute atomic E-state index is 0.0173. The van der Waals surface area contributed by atoms with Crippen molar-refractivity contribution in [2.45, 2.75) is 32.7 Å². The minimum Gasteiger partial charge on any atom is -0.488 e. The monoisotopic (exact) mass is 393 g/mol. The van der Waals surface area contributed by atoms with Gasteiger partial charge in [0, 0.05) is 28.7 Å². The molecule has 0 N–H and O–H groups in total. The van der Waals surface area contributed by atoms with Gasteiger partial charge in [0.1, 0.15) is 12.4 Å². The summed E-state index contributed by atoms with van der Waals surface area (Å²) in [5, 5.41) is 1.11. The topological polar surface area (TPSA) is 38.8 Å². The Hall–Kier alpha value is -1.75. The van der Waals surface area contributed by atoms with Gasteiger partial charge >= 0.3 is 0 Å². The zero-order chi connectivity index (χ0) is 18.7. The summed E-state index contributed by atoms with van der Waals surface area (Å²) in [5.41, 5.74) is 1.35. The molecule has 6 heteroatoms. The normalized spacial score (nSPS) is 20.1. The Bertz CT molecular complexity index is 786. The second-order valence-electron chi connectivity index (χ2n) is 6.49.